The maximum Gasteiger partial charge on any atom is 0.0502 e. The molecule has 0 radical (unpaired) electrons. The lowest BCUT2D eigenvalue weighted by Gasteiger charge is -2.33. The fourth-order valence-electron chi connectivity index (χ4n) is 2.49. The average Bonchev–Trinajstić information content (AvgIpc) is 2.67. The van der Waals surface area contributed by atoms with Crippen molar-refractivity contribution < 1.29 is 0 Å². The fraction of sp³-hybridized carbons (Fsp3) is 0.385. The second-order valence-electron chi connectivity index (χ2n) is 4.52. The molecule has 2 aromatic rings. The van der Waals surface area contributed by atoms with Crippen molar-refractivity contribution in [3.05, 3.63) is 35.2 Å². The van der Waals surface area contributed by atoms with Crippen molar-refractivity contribution in [1.29, 1.82) is 0 Å². The van der Waals surface area contributed by atoms with E-state index in [9.17, 15) is 0 Å². The zero-order valence-electron chi connectivity index (χ0n) is 9.15. The van der Waals surface area contributed by atoms with Crippen LogP contribution >= 0.6 is 11.3 Å². The maximum atomic E-state index is 5.72. The van der Waals surface area contributed by atoms with Crippen molar-refractivity contribution in [2.75, 3.05) is 0 Å². The Kier molecular flexibility index (Phi) is 2.67. The monoisotopic (exact) mass is 232 g/mol. The molecule has 1 aliphatic rings. The van der Waals surface area contributed by atoms with Gasteiger partial charge in [0.25, 0.3) is 0 Å². The second-order valence-corrected chi connectivity index (χ2v) is 5.43. The molecule has 0 spiro atoms. The first-order chi connectivity index (χ1) is 7.90. The molecule has 2 nitrogen and oxygen atoms in total. The molecule has 1 saturated carbocycles. The van der Waals surface area contributed by atoms with Gasteiger partial charge in [-0.2, -0.15) is 0 Å². The Bertz CT molecular complexity index is 487. The van der Waals surface area contributed by atoms with Crippen LogP contribution in [0.5, 0.6) is 0 Å². The Morgan fingerprint density at radius 1 is 1.31 bits per heavy atom. The van der Waals surface area contributed by atoms with Gasteiger partial charge >= 0.3 is 0 Å². The second kappa shape index (κ2) is 4.17. The van der Waals surface area contributed by atoms with E-state index < -0.39 is 0 Å². The third-order valence-electron chi connectivity index (χ3n) is 3.65. The summed E-state index contributed by atoms with van der Waals surface area (Å²) < 4.78 is 1.36. The molecule has 1 aromatic carbocycles. The first-order valence-electron chi connectivity index (χ1n) is 5.82. The molecular weight excluding hydrogens is 216 g/mol. The van der Waals surface area contributed by atoms with Crippen LogP contribution in [0.3, 0.4) is 0 Å². The summed E-state index contributed by atoms with van der Waals surface area (Å²) in [7, 11) is 0. The minimum absolute atomic E-state index is 0.338. The number of nitrogens with one attached hydrogen (secondary N) is 1. The molecule has 0 aliphatic heterocycles. The number of rotatable bonds is 3. The zero-order chi connectivity index (χ0) is 11.0. The van der Waals surface area contributed by atoms with E-state index in [1.54, 1.807) is 0 Å². The highest BCUT2D eigenvalue weighted by Crippen LogP contribution is 2.41. The number of nitrogens with two attached hydrogens (primary N) is 1. The normalized spacial score (nSPS) is 18.6. The van der Waals surface area contributed by atoms with Crippen LogP contribution in [0.25, 0.3) is 10.1 Å². The third-order valence-corrected chi connectivity index (χ3v) is 4.63. The first-order valence-corrected chi connectivity index (χ1v) is 6.70. The maximum absolute atomic E-state index is 5.72. The summed E-state index contributed by atoms with van der Waals surface area (Å²) in [5, 5.41) is 3.62. The first kappa shape index (κ1) is 10.3. The van der Waals surface area contributed by atoms with E-state index in [-0.39, 0.29) is 0 Å². The minimum Gasteiger partial charge on any atom is -0.271 e. The highest BCUT2D eigenvalue weighted by atomic mass is 32.1. The highest BCUT2D eigenvalue weighted by molar-refractivity contribution is 7.17. The van der Waals surface area contributed by atoms with Crippen LogP contribution in [0.2, 0.25) is 0 Å². The van der Waals surface area contributed by atoms with E-state index in [2.05, 4.69) is 35.1 Å². The van der Waals surface area contributed by atoms with E-state index in [4.69, 9.17) is 5.84 Å². The van der Waals surface area contributed by atoms with Gasteiger partial charge in [0, 0.05) is 4.70 Å². The average molecular weight is 232 g/mol. The Labute approximate surface area is 99.4 Å². The number of thiophene rings is 1. The Morgan fingerprint density at radius 3 is 2.81 bits per heavy atom. The molecule has 84 valence electrons. The van der Waals surface area contributed by atoms with Gasteiger partial charge in [-0.3, -0.25) is 11.3 Å². The zero-order valence-corrected chi connectivity index (χ0v) is 9.96. The van der Waals surface area contributed by atoms with Crippen LogP contribution in [-0.2, 0) is 0 Å². The minimum atomic E-state index is 0.338. The molecule has 1 heterocycles. The van der Waals surface area contributed by atoms with Crippen molar-refractivity contribution in [1.82, 2.24) is 5.43 Å². The van der Waals surface area contributed by atoms with E-state index in [1.807, 2.05) is 11.3 Å². The van der Waals surface area contributed by atoms with E-state index in [1.165, 1.54) is 34.9 Å². The molecule has 3 N–H and O–H groups in total. The molecule has 1 fully saturated rings. The predicted octanol–water partition coefficient (Wildman–Crippen LogP) is 3.21. The largest absolute Gasteiger partial charge is 0.271 e. The van der Waals surface area contributed by atoms with Crippen LogP contribution < -0.4 is 11.3 Å². The number of hydrogen-bond donors (Lipinski definition) is 2. The Morgan fingerprint density at radius 2 is 2.12 bits per heavy atom. The van der Waals surface area contributed by atoms with Crippen molar-refractivity contribution in [2.24, 2.45) is 11.8 Å². The summed E-state index contributed by atoms with van der Waals surface area (Å²) in [4.78, 5) is 0. The summed E-state index contributed by atoms with van der Waals surface area (Å²) in [5.74, 6) is 6.45. The highest BCUT2D eigenvalue weighted by Gasteiger charge is 2.29. The van der Waals surface area contributed by atoms with Crippen LogP contribution in [0.15, 0.2) is 29.6 Å². The standard InChI is InChI=1S/C13H16N2S/c14-15-13(9-4-3-5-9)11-8-16-12-7-2-1-6-10(11)12/h1-2,6-9,13,15H,3-5,14H2. The molecule has 0 saturated heterocycles. The van der Waals surface area contributed by atoms with Gasteiger partial charge in [-0.05, 0) is 41.2 Å². The third kappa shape index (κ3) is 1.56. The molecule has 1 aliphatic carbocycles. The van der Waals surface area contributed by atoms with Gasteiger partial charge in [0.05, 0.1) is 6.04 Å². The summed E-state index contributed by atoms with van der Waals surface area (Å²) in [5.41, 5.74) is 4.39. The number of hydrazine groups is 1. The smallest absolute Gasteiger partial charge is 0.0502 e. The predicted molar refractivity (Wildman–Crippen MR) is 69.2 cm³/mol. The van der Waals surface area contributed by atoms with Crippen molar-refractivity contribution in [3.8, 4) is 0 Å². The lowest BCUT2D eigenvalue weighted by Crippen LogP contribution is -2.36. The van der Waals surface area contributed by atoms with Gasteiger partial charge in [0.15, 0.2) is 0 Å². The molecule has 3 heteroatoms. The Hall–Kier alpha value is -0.900. The lowest BCUT2D eigenvalue weighted by atomic mass is 9.77. The molecule has 1 atom stereocenters. The summed E-state index contributed by atoms with van der Waals surface area (Å²) in [6.45, 7) is 0. The van der Waals surface area contributed by atoms with E-state index in [0.717, 1.165) is 5.92 Å². The number of fused-ring (bicyclic) bond motifs is 1. The number of hydrogen-bond acceptors (Lipinski definition) is 3. The SMILES string of the molecule is NNC(c1csc2ccccc12)C1CCC1. The van der Waals surface area contributed by atoms with Crippen molar-refractivity contribution >= 4 is 21.4 Å². The Balaban J connectivity index is 2.02. The van der Waals surface area contributed by atoms with Gasteiger partial charge in [0.1, 0.15) is 0 Å². The summed E-state index contributed by atoms with van der Waals surface area (Å²) in [6, 6.07) is 8.91. The fourth-order valence-corrected chi connectivity index (χ4v) is 3.49. The number of benzene rings is 1. The summed E-state index contributed by atoms with van der Waals surface area (Å²) >= 11 is 1.81. The molecule has 3 rings (SSSR count). The molecule has 0 bridgehead atoms. The van der Waals surface area contributed by atoms with Crippen LogP contribution in [0.1, 0.15) is 30.9 Å². The molecule has 1 unspecified atom stereocenters. The van der Waals surface area contributed by atoms with E-state index >= 15 is 0 Å². The van der Waals surface area contributed by atoms with Gasteiger partial charge in [-0.25, -0.2) is 0 Å². The van der Waals surface area contributed by atoms with Gasteiger partial charge in [-0.1, -0.05) is 24.6 Å². The van der Waals surface area contributed by atoms with Crippen molar-refractivity contribution in [2.45, 2.75) is 25.3 Å². The van der Waals surface area contributed by atoms with Gasteiger partial charge in [-0.15, -0.1) is 11.3 Å². The van der Waals surface area contributed by atoms with E-state index in [0.29, 0.717) is 6.04 Å². The van der Waals surface area contributed by atoms with Gasteiger partial charge < -0.3 is 0 Å². The molecular formula is C13H16N2S. The van der Waals surface area contributed by atoms with Crippen LogP contribution in [-0.4, -0.2) is 0 Å². The van der Waals surface area contributed by atoms with Crippen LogP contribution in [0, 0.1) is 5.92 Å². The molecule has 1 aromatic heterocycles. The topological polar surface area (TPSA) is 38.0 Å². The molecule has 16 heavy (non-hydrogen) atoms. The van der Waals surface area contributed by atoms with Gasteiger partial charge in [0.2, 0.25) is 0 Å². The molecule has 0 amide bonds. The lowest BCUT2D eigenvalue weighted by molar-refractivity contribution is 0.233. The quantitative estimate of drug-likeness (QED) is 0.630. The van der Waals surface area contributed by atoms with Crippen molar-refractivity contribution in [3.63, 3.8) is 0 Å². The summed E-state index contributed by atoms with van der Waals surface area (Å²) in [6.07, 6.45) is 3.96. The van der Waals surface area contributed by atoms with Crippen LogP contribution in [0.4, 0.5) is 0 Å².